The van der Waals surface area contributed by atoms with E-state index in [2.05, 4.69) is 55.0 Å². The van der Waals surface area contributed by atoms with E-state index in [1.165, 1.54) is 0 Å². The van der Waals surface area contributed by atoms with Crippen molar-refractivity contribution < 1.29 is 0 Å². The standard InChI is InChI=1S/C25H22N8O/c1-32-8-10-33(11-9-32)15-5-6-18-20(12-15)30-24(29-18)21-23-17(14-28-25(21)34)16(13-26)22(31-23)19-4-2-3-7-27-19/h2-7,12,14,31H,8-11H2,1H3,(H,28,34)(H,29,30). The zero-order valence-corrected chi connectivity index (χ0v) is 18.6. The van der Waals surface area contributed by atoms with Gasteiger partial charge in [-0.1, -0.05) is 6.07 Å². The number of piperazine rings is 1. The molecule has 9 heteroatoms. The quantitative estimate of drug-likeness (QED) is 0.389. The summed E-state index contributed by atoms with van der Waals surface area (Å²) in [4.78, 5) is 36.1. The number of H-pyrrole nitrogens is 3. The van der Waals surface area contributed by atoms with E-state index in [0.717, 1.165) is 42.9 Å². The first-order valence-corrected chi connectivity index (χ1v) is 11.1. The summed E-state index contributed by atoms with van der Waals surface area (Å²) in [6.45, 7) is 3.98. The Labute approximate surface area is 194 Å². The Bertz CT molecular complexity index is 1610. The van der Waals surface area contributed by atoms with Gasteiger partial charge in [0, 0.05) is 49.6 Å². The molecule has 3 N–H and O–H groups in total. The van der Waals surface area contributed by atoms with Crippen LogP contribution in [0, 0.1) is 11.3 Å². The molecule has 4 aromatic heterocycles. The maximum Gasteiger partial charge on any atom is 0.261 e. The summed E-state index contributed by atoms with van der Waals surface area (Å²) < 4.78 is 0. The van der Waals surface area contributed by atoms with Gasteiger partial charge in [0.05, 0.1) is 33.5 Å². The lowest BCUT2D eigenvalue weighted by atomic mass is 10.1. The van der Waals surface area contributed by atoms with Crippen LogP contribution in [0.5, 0.6) is 0 Å². The predicted octanol–water partition coefficient (Wildman–Crippen LogP) is 3.08. The van der Waals surface area contributed by atoms with E-state index in [9.17, 15) is 10.1 Å². The lowest BCUT2D eigenvalue weighted by molar-refractivity contribution is 0.313. The highest BCUT2D eigenvalue weighted by Gasteiger charge is 2.21. The fraction of sp³-hybridized carbons (Fsp3) is 0.200. The number of fused-ring (bicyclic) bond motifs is 2. The lowest BCUT2D eigenvalue weighted by Crippen LogP contribution is -2.44. The molecule has 0 radical (unpaired) electrons. The fourth-order valence-electron chi connectivity index (χ4n) is 4.60. The minimum atomic E-state index is -0.288. The number of imidazole rings is 1. The van der Waals surface area contributed by atoms with Crippen LogP contribution in [0.3, 0.4) is 0 Å². The number of benzene rings is 1. The summed E-state index contributed by atoms with van der Waals surface area (Å²) in [6, 6.07) is 13.9. The Balaban J connectivity index is 1.49. The number of anilines is 1. The van der Waals surface area contributed by atoms with Crippen LogP contribution < -0.4 is 10.5 Å². The van der Waals surface area contributed by atoms with Gasteiger partial charge in [-0.15, -0.1) is 0 Å². The van der Waals surface area contributed by atoms with E-state index in [-0.39, 0.29) is 5.56 Å². The minimum Gasteiger partial charge on any atom is -0.369 e. The van der Waals surface area contributed by atoms with Crippen LogP contribution in [-0.4, -0.2) is 63.0 Å². The monoisotopic (exact) mass is 450 g/mol. The molecule has 34 heavy (non-hydrogen) atoms. The van der Waals surface area contributed by atoms with Crippen molar-refractivity contribution in [1.82, 2.24) is 29.8 Å². The van der Waals surface area contributed by atoms with Gasteiger partial charge >= 0.3 is 0 Å². The number of hydrogen-bond acceptors (Lipinski definition) is 6. The van der Waals surface area contributed by atoms with Gasteiger partial charge in [-0.2, -0.15) is 5.26 Å². The van der Waals surface area contributed by atoms with Crippen LogP contribution >= 0.6 is 0 Å². The average molecular weight is 451 g/mol. The van der Waals surface area contributed by atoms with Gasteiger partial charge in [-0.3, -0.25) is 9.78 Å². The molecule has 0 amide bonds. The first-order valence-electron chi connectivity index (χ1n) is 11.1. The van der Waals surface area contributed by atoms with Gasteiger partial charge in [0.2, 0.25) is 0 Å². The van der Waals surface area contributed by atoms with E-state index < -0.39 is 0 Å². The molecule has 9 nitrogen and oxygen atoms in total. The summed E-state index contributed by atoms with van der Waals surface area (Å²) in [7, 11) is 2.14. The molecular weight excluding hydrogens is 428 g/mol. The molecule has 6 rings (SSSR count). The molecule has 5 aromatic rings. The molecule has 0 spiro atoms. The fourth-order valence-corrected chi connectivity index (χ4v) is 4.60. The molecular formula is C25H22N8O. The van der Waals surface area contributed by atoms with Crippen molar-refractivity contribution in [2.45, 2.75) is 0 Å². The maximum atomic E-state index is 13.0. The summed E-state index contributed by atoms with van der Waals surface area (Å²) in [5, 5.41) is 10.5. The summed E-state index contributed by atoms with van der Waals surface area (Å²) in [5.41, 5.74) is 5.04. The Morgan fingerprint density at radius 2 is 1.94 bits per heavy atom. The van der Waals surface area contributed by atoms with E-state index in [4.69, 9.17) is 4.98 Å². The smallest absolute Gasteiger partial charge is 0.261 e. The molecule has 0 unspecified atom stereocenters. The third-order valence-corrected chi connectivity index (χ3v) is 6.47. The molecule has 0 aliphatic carbocycles. The number of rotatable bonds is 3. The van der Waals surface area contributed by atoms with Crippen LogP contribution in [0.4, 0.5) is 5.69 Å². The zero-order chi connectivity index (χ0) is 23.2. The van der Waals surface area contributed by atoms with E-state index >= 15 is 0 Å². The summed E-state index contributed by atoms with van der Waals surface area (Å²) in [5.74, 6) is 0.454. The zero-order valence-electron chi connectivity index (χ0n) is 18.6. The maximum absolute atomic E-state index is 13.0. The molecule has 1 saturated heterocycles. The Morgan fingerprint density at radius 1 is 1.09 bits per heavy atom. The van der Waals surface area contributed by atoms with Crippen molar-refractivity contribution in [2.24, 2.45) is 0 Å². The molecule has 0 saturated carbocycles. The van der Waals surface area contributed by atoms with Crippen LogP contribution in [0.2, 0.25) is 0 Å². The topological polar surface area (TPSA) is 120 Å². The number of nitrogens with one attached hydrogen (secondary N) is 3. The molecule has 1 fully saturated rings. The number of nitriles is 1. The van der Waals surface area contributed by atoms with E-state index in [0.29, 0.717) is 39.2 Å². The largest absolute Gasteiger partial charge is 0.369 e. The van der Waals surface area contributed by atoms with Gasteiger partial charge in [0.25, 0.3) is 5.56 Å². The van der Waals surface area contributed by atoms with Gasteiger partial charge in [0.15, 0.2) is 0 Å². The number of aromatic nitrogens is 5. The van der Waals surface area contributed by atoms with Crippen LogP contribution in [-0.2, 0) is 0 Å². The van der Waals surface area contributed by atoms with Crippen molar-refractivity contribution in [3.05, 3.63) is 64.7 Å². The van der Waals surface area contributed by atoms with E-state index in [1.54, 1.807) is 12.4 Å². The molecule has 1 aliphatic rings. The van der Waals surface area contributed by atoms with E-state index in [1.807, 2.05) is 24.3 Å². The van der Waals surface area contributed by atoms with Crippen LogP contribution in [0.25, 0.3) is 44.7 Å². The Kier molecular flexibility index (Phi) is 4.67. The third-order valence-electron chi connectivity index (χ3n) is 6.47. The SMILES string of the molecule is CN1CCN(c2ccc3[nH]c(-c4c(=O)[nH]cc5c(C#N)c(-c6ccccn6)[nH]c45)nc3c2)CC1. The average Bonchev–Trinajstić information content (AvgIpc) is 3.45. The lowest BCUT2D eigenvalue weighted by Gasteiger charge is -2.34. The van der Waals surface area contributed by atoms with Gasteiger partial charge in [-0.05, 0) is 37.4 Å². The number of hydrogen-bond donors (Lipinski definition) is 3. The van der Waals surface area contributed by atoms with Crippen molar-refractivity contribution >= 4 is 27.6 Å². The first-order chi connectivity index (χ1) is 16.6. The highest BCUT2D eigenvalue weighted by atomic mass is 16.1. The number of pyridine rings is 2. The van der Waals surface area contributed by atoms with Crippen molar-refractivity contribution in [2.75, 3.05) is 38.1 Å². The molecule has 1 aromatic carbocycles. The van der Waals surface area contributed by atoms with Crippen molar-refractivity contribution in [3.8, 4) is 28.8 Å². The normalized spacial score (nSPS) is 14.6. The van der Waals surface area contributed by atoms with Crippen molar-refractivity contribution in [3.63, 3.8) is 0 Å². The highest BCUT2D eigenvalue weighted by Crippen LogP contribution is 2.33. The predicted molar refractivity (Wildman–Crippen MR) is 132 cm³/mol. The Morgan fingerprint density at radius 3 is 2.71 bits per heavy atom. The molecule has 1 aliphatic heterocycles. The van der Waals surface area contributed by atoms with Gasteiger partial charge in [-0.25, -0.2) is 4.98 Å². The molecule has 168 valence electrons. The second-order valence-corrected chi connectivity index (χ2v) is 8.56. The summed E-state index contributed by atoms with van der Waals surface area (Å²) >= 11 is 0. The second-order valence-electron chi connectivity index (χ2n) is 8.56. The van der Waals surface area contributed by atoms with Crippen molar-refractivity contribution in [1.29, 1.82) is 5.26 Å². The first kappa shape index (κ1) is 20.2. The molecule has 0 bridgehead atoms. The summed E-state index contributed by atoms with van der Waals surface area (Å²) in [6.07, 6.45) is 3.24. The number of nitrogens with zero attached hydrogens (tertiary/aromatic N) is 5. The van der Waals surface area contributed by atoms with Crippen LogP contribution in [0.1, 0.15) is 5.56 Å². The molecule has 5 heterocycles. The molecule has 0 atom stereocenters. The minimum absolute atomic E-state index is 0.288. The van der Waals surface area contributed by atoms with Crippen LogP contribution in [0.15, 0.2) is 53.6 Å². The Hall–Kier alpha value is -4.42. The second kappa shape index (κ2) is 7.86. The number of likely N-dealkylation sites (N-methyl/N-ethyl adjacent to an activating group) is 1. The number of aromatic amines is 3. The highest BCUT2D eigenvalue weighted by molar-refractivity contribution is 6.00. The third kappa shape index (κ3) is 3.24. The van der Waals surface area contributed by atoms with Gasteiger partial charge in [0.1, 0.15) is 17.5 Å². The van der Waals surface area contributed by atoms with Gasteiger partial charge < -0.3 is 24.8 Å².